The van der Waals surface area contributed by atoms with Gasteiger partial charge in [0.15, 0.2) is 5.16 Å². The van der Waals surface area contributed by atoms with Gasteiger partial charge in [-0.15, -0.1) is 16.8 Å². The lowest BCUT2D eigenvalue weighted by Gasteiger charge is -2.07. The van der Waals surface area contributed by atoms with Crippen LogP contribution in [0.25, 0.3) is 0 Å². The zero-order valence-electron chi connectivity index (χ0n) is 10.9. The fourth-order valence-corrected chi connectivity index (χ4v) is 2.47. The number of hydrogen-bond acceptors (Lipinski definition) is 4. The Hall–Kier alpha value is -1.86. The Balaban J connectivity index is 1.92. The van der Waals surface area contributed by atoms with Gasteiger partial charge < -0.3 is 9.88 Å². The highest BCUT2D eigenvalue weighted by molar-refractivity contribution is 7.99. The minimum absolute atomic E-state index is 0.142. The highest BCUT2D eigenvalue weighted by atomic mass is 35.5. The Labute approximate surface area is 130 Å². The van der Waals surface area contributed by atoms with Crippen molar-refractivity contribution in [1.82, 2.24) is 14.8 Å². The number of carbonyl (C=O) groups is 1. The number of thioether (sulfide) groups is 1. The van der Waals surface area contributed by atoms with Crippen LogP contribution in [-0.4, -0.2) is 26.4 Å². The molecule has 0 spiro atoms. The second-order valence-corrected chi connectivity index (χ2v) is 5.37. The lowest BCUT2D eigenvalue weighted by Crippen LogP contribution is -2.15. The number of amides is 1. The number of benzene rings is 1. The number of carbonyl (C=O) groups excluding carboxylic acids is 1. The van der Waals surface area contributed by atoms with Crippen molar-refractivity contribution in [2.75, 3.05) is 11.1 Å². The summed E-state index contributed by atoms with van der Waals surface area (Å²) in [4.78, 5) is 11.9. The van der Waals surface area contributed by atoms with Gasteiger partial charge in [-0.1, -0.05) is 29.4 Å². The van der Waals surface area contributed by atoms with Gasteiger partial charge in [0.1, 0.15) is 12.1 Å². The molecule has 8 heteroatoms. The summed E-state index contributed by atoms with van der Waals surface area (Å²) in [6.07, 6.45) is 3.28. The van der Waals surface area contributed by atoms with Crippen molar-refractivity contribution in [2.24, 2.45) is 0 Å². The molecule has 1 aromatic carbocycles. The van der Waals surface area contributed by atoms with Gasteiger partial charge in [0.2, 0.25) is 5.91 Å². The Bertz CT molecular complexity index is 661. The Morgan fingerprint density at radius 1 is 1.57 bits per heavy atom. The first-order chi connectivity index (χ1) is 10.1. The molecule has 0 unspecified atom stereocenters. The zero-order chi connectivity index (χ0) is 15.2. The van der Waals surface area contributed by atoms with E-state index >= 15 is 0 Å². The maximum Gasteiger partial charge on any atom is 0.234 e. The van der Waals surface area contributed by atoms with Gasteiger partial charge in [0.05, 0.1) is 16.5 Å². The molecule has 2 rings (SSSR count). The van der Waals surface area contributed by atoms with E-state index < -0.39 is 5.82 Å². The minimum Gasteiger partial charge on any atom is -0.324 e. The van der Waals surface area contributed by atoms with Crippen LogP contribution in [0.1, 0.15) is 0 Å². The van der Waals surface area contributed by atoms with Gasteiger partial charge in [0.25, 0.3) is 0 Å². The molecule has 0 saturated heterocycles. The fourth-order valence-electron chi connectivity index (χ4n) is 1.53. The van der Waals surface area contributed by atoms with E-state index in [2.05, 4.69) is 22.1 Å². The van der Waals surface area contributed by atoms with Crippen molar-refractivity contribution in [3.05, 3.63) is 48.0 Å². The van der Waals surface area contributed by atoms with Crippen molar-refractivity contribution in [1.29, 1.82) is 0 Å². The smallest absolute Gasteiger partial charge is 0.234 e. The summed E-state index contributed by atoms with van der Waals surface area (Å²) in [5.74, 6) is -0.574. The first kappa shape index (κ1) is 15.5. The largest absolute Gasteiger partial charge is 0.324 e. The number of halogens is 2. The molecule has 2 aromatic rings. The van der Waals surface area contributed by atoms with Crippen LogP contribution in [0.15, 0.2) is 42.3 Å². The van der Waals surface area contributed by atoms with Gasteiger partial charge in [-0.25, -0.2) is 4.39 Å². The van der Waals surface area contributed by atoms with Crippen molar-refractivity contribution < 1.29 is 9.18 Å². The average molecular weight is 327 g/mol. The molecule has 0 aliphatic carbocycles. The fraction of sp³-hybridized carbons (Fsp3) is 0.154. The van der Waals surface area contributed by atoms with E-state index in [9.17, 15) is 9.18 Å². The maximum absolute atomic E-state index is 12.9. The molecule has 110 valence electrons. The molecule has 5 nitrogen and oxygen atoms in total. The van der Waals surface area contributed by atoms with E-state index in [0.717, 1.165) is 6.07 Å². The molecular formula is C13H12ClFN4OS. The molecule has 21 heavy (non-hydrogen) atoms. The van der Waals surface area contributed by atoms with Gasteiger partial charge in [-0.3, -0.25) is 4.79 Å². The molecule has 0 bridgehead atoms. The van der Waals surface area contributed by atoms with Crippen LogP contribution >= 0.6 is 23.4 Å². The number of nitrogens with zero attached hydrogens (tertiary/aromatic N) is 3. The summed E-state index contributed by atoms with van der Waals surface area (Å²) < 4.78 is 14.7. The first-order valence-electron chi connectivity index (χ1n) is 5.96. The van der Waals surface area contributed by atoms with E-state index in [1.165, 1.54) is 23.9 Å². The van der Waals surface area contributed by atoms with E-state index in [-0.39, 0.29) is 16.7 Å². The quantitative estimate of drug-likeness (QED) is 0.655. The Morgan fingerprint density at radius 2 is 2.38 bits per heavy atom. The number of nitrogens with one attached hydrogen (secondary N) is 1. The van der Waals surface area contributed by atoms with Crippen molar-refractivity contribution in [3.8, 4) is 0 Å². The van der Waals surface area contributed by atoms with Crippen molar-refractivity contribution >= 4 is 35.0 Å². The molecule has 0 aliphatic heterocycles. The molecular weight excluding hydrogens is 315 g/mol. The normalized spacial score (nSPS) is 10.4. The van der Waals surface area contributed by atoms with Crippen LogP contribution in [0.5, 0.6) is 0 Å². The third kappa shape index (κ3) is 4.30. The predicted molar refractivity (Wildman–Crippen MR) is 81.0 cm³/mol. The van der Waals surface area contributed by atoms with Gasteiger partial charge in [-0.05, 0) is 18.2 Å². The molecule has 0 fully saturated rings. The lowest BCUT2D eigenvalue weighted by molar-refractivity contribution is -0.113. The third-order valence-corrected chi connectivity index (χ3v) is 3.74. The van der Waals surface area contributed by atoms with Crippen LogP contribution < -0.4 is 5.32 Å². The Kier molecular flexibility index (Phi) is 5.35. The molecule has 1 N–H and O–H groups in total. The summed E-state index contributed by atoms with van der Waals surface area (Å²) in [6, 6.07) is 3.79. The van der Waals surface area contributed by atoms with E-state index in [4.69, 9.17) is 11.6 Å². The van der Waals surface area contributed by atoms with Crippen molar-refractivity contribution in [3.63, 3.8) is 0 Å². The zero-order valence-corrected chi connectivity index (χ0v) is 12.5. The van der Waals surface area contributed by atoms with Gasteiger partial charge >= 0.3 is 0 Å². The molecule has 0 aliphatic rings. The monoisotopic (exact) mass is 326 g/mol. The van der Waals surface area contributed by atoms with Crippen LogP contribution in [0, 0.1) is 5.82 Å². The molecule has 0 saturated carbocycles. The molecule has 0 radical (unpaired) electrons. The molecule has 1 heterocycles. The number of allylic oxidation sites excluding steroid dienone is 1. The van der Waals surface area contributed by atoms with Crippen LogP contribution in [0.2, 0.25) is 5.02 Å². The van der Waals surface area contributed by atoms with E-state index in [1.807, 2.05) is 0 Å². The summed E-state index contributed by atoms with van der Waals surface area (Å²) in [5.41, 5.74) is 0.372. The highest BCUT2D eigenvalue weighted by Gasteiger charge is 2.10. The van der Waals surface area contributed by atoms with Crippen LogP contribution in [0.3, 0.4) is 0 Å². The second kappa shape index (κ2) is 7.24. The standard InChI is InChI=1S/C13H12ClFN4OS/c1-2-5-19-8-16-18-13(19)21-7-12(20)17-11-4-3-9(15)6-10(11)14/h2-4,6,8H,1,5,7H2,(H,17,20). The molecule has 1 aromatic heterocycles. The minimum atomic E-state index is -0.454. The summed E-state index contributed by atoms with van der Waals surface area (Å²) >= 11 is 7.08. The van der Waals surface area contributed by atoms with Crippen molar-refractivity contribution in [2.45, 2.75) is 11.7 Å². The SMILES string of the molecule is C=CCn1cnnc1SCC(=O)Nc1ccc(F)cc1Cl. The third-order valence-electron chi connectivity index (χ3n) is 2.44. The number of rotatable bonds is 6. The van der Waals surface area contributed by atoms with Crippen LogP contribution in [0.4, 0.5) is 10.1 Å². The Morgan fingerprint density at radius 3 is 3.10 bits per heavy atom. The molecule has 0 atom stereocenters. The number of anilines is 1. The predicted octanol–water partition coefficient (Wildman–Crippen LogP) is 2.99. The first-order valence-corrected chi connectivity index (χ1v) is 7.33. The summed E-state index contributed by atoms with van der Waals surface area (Å²) in [5, 5.41) is 11.1. The lowest BCUT2D eigenvalue weighted by atomic mass is 10.3. The summed E-state index contributed by atoms with van der Waals surface area (Å²) in [6.45, 7) is 4.20. The average Bonchev–Trinajstić information content (AvgIpc) is 2.88. The highest BCUT2D eigenvalue weighted by Crippen LogP contribution is 2.23. The second-order valence-electron chi connectivity index (χ2n) is 4.02. The number of aromatic nitrogens is 3. The maximum atomic E-state index is 12.9. The van der Waals surface area contributed by atoms with Crippen LogP contribution in [-0.2, 0) is 11.3 Å². The number of hydrogen-bond donors (Lipinski definition) is 1. The topological polar surface area (TPSA) is 59.8 Å². The van der Waals surface area contributed by atoms with E-state index in [0.29, 0.717) is 17.4 Å². The summed E-state index contributed by atoms with van der Waals surface area (Å²) in [7, 11) is 0. The van der Waals surface area contributed by atoms with E-state index in [1.54, 1.807) is 17.0 Å². The van der Waals surface area contributed by atoms with Gasteiger partial charge in [-0.2, -0.15) is 0 Å². The van der Waals surface area contributed by atoms with Gasteiger partial charge in [0, 0.05) is 6.54 Å². The molecule has 1 amide bonds.